The number of ketones is 1. The van der Waals surface area contributed by atoms with Gasteiger partial charge in [0.1, 0.15) is 0 Å². The molecule has 0 saturated heterocycles. The number of carbonyl (C=O) groups is 3. The average molecular weight is 277 g/mol. The highest BCUT2D eigenvalue weighted by Gasteiger charge is 2.18. The number of nitrogens with one attached hydrogen (secondary N) is 1. The third-order valence-corrected chi connectivity index (χ3v) is 2.91. The van der Waals surface area contributed by atoms with Crippen molar-refractivity contribution in [2.45, 2.75) is 39.2 Å². The summed E-state index contributed by atoms with van der Waals surface area (Å²) in [6.45, 7) is 3.37. The van der Waals surface area contributed by atoms with E-state index in [9.17, 15) is 14.4 Å². The first-order valence-electron chi connectivity index (χ1n) is 6.45. The third kappa shape index (κ3) is 5.65. The zero-order chi connectivity index (χ0) is 15.1. The number of amides is 1. The Morgan fingerprint density at radius 2 is 1.95 bits per heavy atom. The van der Waals surface area contributed by atoms with Crippen LogP contribution in [0.15, 0.2) is 24.3 Å². The van der Waals surface area contributed by atoms with Crippen molar-refractivity contribution in [1.82, 2.24) is 5.32 Å². The number of benzene rings is 1. The SMILES string of the molecule is CC(=O)[C@H](Cc1cccc(C)c1)NC(=O)CCC(=O)O. The summed E-state index contributed by atoms with van der Waals surface area (Å²) in [4.78, 5) is 33.6. The van der Waals surface area contributed by atoms with Crippen LogP contribution in [0.5, 0.6) is 0 Å². The summed E-state index contributed by atoms with van der Waals surface area (Å²) in [5.41, 5.74) is 2.05. The van der Waals surface area contributed by atoms with Gasteiger partial charge in [-0.3, -0.25) is 14.4 Å². The van der Waals surface area contributed by atoms with E-state index in [1.165, 1.54) is 6.92 Å². The normalized spacial score (nSPS) is 11.7. The predicted molar refractivity (Wildman–Crippen MR) is 74.4 cm³/mol. The van der Waals surface area contributed by atoms with Crippen LogP contribution in [0.2, 0.25) is 0 Å². The molecular weight excluding hydrogens is 258 g/mol. The van der Waals surface area contributed by atoms with Gasteiger partial charge in [-0.2, -0.15) is 0 Å². The lowest BCUT2D eigenvalue weighted by Gasteiger charge is -2.16. The molecular formula is C15H19NO4. The largest absolute Gasteiger partial charge is 0.481 e. The van der Waals surface area contributed by atoms with E-state index in [0.29, 0.717) is 6.42 Å². The van der Waals surface area contributed by atoms with Crippen molar-refractivity contribution in [3.8, 4) is 0 Å². The molecule has 0 aromatic heterocycles. The molecule has 0 saturated carbocycles. The number of hydrogen-bond donors (Lipinski definition) is 2. The first-order chi connectivity index (χ1) is 9.38. The summed E-state index contributed by atoms with van der Waals surface area (Å²) in [5, 5.41) is 11.1. The first kappa shape index (κ1) is 15.9. The van der Waals surface area contributed by atoms with Crippen molar-refractivity contribution < 1.29 is 19.5 Å². The summed E-state index contributed by atoms with van der Waals surface area (Å²) >= 11 is 0. The van der Waals surface area contributed by atoms with Crippen molar-refractivity contribution in [3.63, 3.8) is 0 Å². The molecule has 0 heterocycles. The molecule has 1 atom stereocenters. The Hall–Kier alpha value is -2.17. The molecule has 0 aliphatic rings. The molecule has 5 nitrogen and oxygen atoms in total. The smallest absolute Gasteiger partial charge is 0.303 e. The lowest BCUT2D eigenvalue weighted by atomic mass is 10.0. The summed E-state index contributed by atoms with van der Waals surface area (Å²) < 4.78 is 0. The molecule has 0 aliphatic heterocycles. The molecule has 1 amide bonds. The average Bonchev–Trinajstić information content (AvgIpc) is 2.35. The highest BCUT2D eigenvalue weighted by atomic mass is 16.4. The van der Waals surface area contributed by atoms with Crippen LogP contribution in [0.25, 0.3) is 0 Å². The Labute approximate surface area is 118 Å². The summed E-state index contributed by atoms with van der Waals surface area (Å²) in [6.07, 6.45) is 0.0592. The molecule has 0 spiro atoms. The molecule has 0 radical (unpaired) electrons. The van der Waals surface area contributed by atoms with Crippen molar-refractivity contribution in [3.05, 3.63) is 35.4 Å². The van der Waals surface area contributed by atoms with Gasteiger partial charge < -0.3 is 10.4 Å². The van der Waals surface area contributed by atoms with E-state index < -0.39 is 17.9 Å². The fourth-order valence-electron chi connectivity index (χ4n) is 1.86. The van der Waals surface area contributed by atoms with E-state index in [-0.39, 0.29) is 18.6 Å². The van der Waals surface area contributed by atoms with E-state index in [1.54, 1.807) is 0 Å². The molecule has 0 bridgehead atoms. The van der Waals surface area contributed by atoms with Gasteiger partial charge in [0.05, 0.1) is 12.5 Å². The van der Waals surface area contributed by atoms with Crippen LogP contribution in [-0.2, 0) is 20.8 Å². The van der Waals surface area contributed by atoms with Crippen LogP contribution in [0.4, 0.5) is 0 Å². The second-order valence-corrected chi connectivity index (χ2v) is 4.82. The number of Topliss-reactive ketones (excluding diaryl/α,β-unsaturated/α-hetero) is 1. The molecule has 20 heavy (non-hydrogen) atoms. The molecule has 1 aromatic rings. The summed E-state index contributed by atoms with van der Waals surface area (Å²) in [7, 11) is 0. The van der Waals surface area contributed by atoms with Crippen molar-refractivity contribution in [1.29, 1.82) is 0 Å². The number of carbonyl (C=O) groups excluding carboxylic acids is 2. The van der Waals surface area contributed by atoms with Gasteiger partial charge in [-0.05, 0) is 25.8 Å². The Bertz CT molecular complexity index is 510. The number of aliphatic carboxylic acids is 1. The van der Waals surface area contributed by atoms with Gasteiger partial charge in [0, 0.05) is 6.42 Å². The predicted octanol–water partition coefficient (Wildman–Crippen LogP) is 1.48. The van der Waals surface area contributed by atoms with Gasteiger partial charge >= 0.3 is 5.97 Å². The lowest BCUT2D eigenvalue weighted by Crippen LogP contribution is -2.41. The molecule has 0 unspecified atom stereocenters. The maximum absolute atomic E-state index is 11.6. The Morgan fingerprint density at radius 1 is 1.25 bits per heavy atom. The summed E-state index contributed by atoms with van der Waals surface area (Å²) in [5.74, 6) is -1.59. The molecule has 5 heteroatoms. The van der Waals surface area contributed by atoms with Crippen molar-refractivity contribution in [2.75, 3.05) is 0 Å². The van der Waals surface area contributed by atoms with Gasteiger partial charge in [-0.1, -0.05) is 29.8 Å². The van der Waals surface area contributed by atoms with Crippen LogP contribution in [0.3, 0.4) is 0 Å². The highest BCUT2D eigenvalue weighted by Crippen LogP contribution is 2.08. The fraction of sp³-hybridized carbons (Fsp3) is 0.400. The zero-order valence-corrected chi connectivity index (χ0v) is 11.7. The van der Waals surface area contributed by atoms with E-state index in [2.05, 4.69) is 5.32 Å². The lowest BCUT2D eigenvalue weighted by molar-refractivity contribution is -0.139. The third-order valence-electron chi connectivity index (χ3n) is 2.91. The van der Waals surface area contributed by atoms with E-state index in [0.717, 1.165) is 11.1 Å². The summed E-state index contributed by atoms with van der Waals surface area (Å²) in [6, 6.07) is 7.09. The number of aryl methyl sites for hydroxylation is 1. The molecule has 0 fully saturated rings. The fourth-order valence-corrected chi connectivity index (χ4v) is 1.86. The second kappa shape index (κ2) is 7.43. The van der Waals surface area contributed by atoms with Gasteiger partial charge in [0.15, 0.2) is 5.78 Å². The molecule has 1 rings (SSSR count). The Kier molecular flexibility index (Phi) is 5.90. The van der Waals surface area contributed by atoms with Crippen LogP contribution in [0, 0.1) is 6.92 Å². The molecule has 1 aromatic carbocycles. The number of carboxylic acids is 1. The van der Waals surface area contributed by atoms with Crippen LogP contribution in [0.1, 0.15) is 30.9 Å². The zero-order valence-electron chi connectivity index (χ0n) is 11.7. The Morgan fingerprint density at radius 3 is 2.50 bits per heavy atom. The molecule has 0 aliphatic carbocycles. The maximum Gasteiger partial charge on any atom is 0.303 e. The Balaban J connectivity index is 2.63. The number of hydrogen-bond acceptors (Lipinski definition) is 3. The maximum atomic E-state index is 11.6. The van der Waals surface area contributed by atoms with E-state index in [1.807, 2.05) is 31.2 Å². The monoisotopic (exact) mass is 277 g/mol. The first-order valence-corrected chi connectivity index (χ1v) is 6.45. The molecule has 2 N–H and O–H groups in total. The minimum Gasteiger partial charge on any atom is -0.481 e. The second-order valence-electron chi connectivity index (χ2n) is 4.82. The standard InChI is InChI=1S/C15H19NO4/c1-10-4-3-5-12(8-10)9-13(11(2)17)16-14(18)6-7-15(19)20/h3-5,8,13H,6-7,9H2,1-2H3,(H,16,18)(H,19,20)/t13-/m0/s1. The highest BCUT2D eigenvalue weighted by molar-refractivity contribution is 5.88. The minimum atomic E-state index is -1.03. The van der Waals surface area contributed by atoms with Gasteiger partial charge in [-0.25, -0.2) is 0 Å². The van der Waals surface area contributed by atoms with Crippen LogP contribution < -0.4 is 5.32 Å². The van der Waals surface area contributed by atoms with Crippen LogP contribution in [-0.4, -0.2) is 28.8 Å². The van der Waals surface area contributed by atoms with Gasteiger partial charge in [0.25, 0.3) is 0 Å². The van der Waals surface area contributed by atoms with Gasteiger partial charge in [-0.15, -0.1) is 0 Å². The quantitative estimate of drug-likeness (QED) is 0.790. The van der Waals surface area contributed by atoms with Crippen molar-refractivity contribution in [2.24, 2.45) is 0 Å². The number of carboxylic acid groups (broad SMARTS) is 1. The van der Waals surface area contributed by atoms with Crippen LogP contribution >= 0.6 is 0 Å². The molecule has 108 valence electrons. The van der Waals surface area contributed by atoms with Crippen molar-refractivity contribution >= 4 is 17.7 Å². The van der Waals surface area contributed by atoms with Gasteiger partial charge in [0.2, 0.25) is 5.91 Å². The minimum absolute atomic E-state index is 0.118. The topological polar surface area (TPSA) is 83.5 Å². The van der Waals surface area contributed by atoms with E-state index in [4.69, 9.17) is 5.11 Å². The number of rotatable bonds is 7. The van der Waals surface area contributed by atoms with E-state index >= 15 is 0 Å².